The average molecular weight is 363 g/mol. The number of para-hydroxylation sites is 1. The third kappa shape index (κ3) is 3.95. The van der Waals surface area contributed by atoms with Crippen LogP contribution < -0.4 is 14.8 Å². The molecule has 3 aromatic rings. The molecule has 0 radical (unpaired) electrons. The molecule has 0 bridgehead atoms. The first kappa shape index (κ1) is 17.1. The van der Waals surface area contributed by atoms with E-state index in [4.69, 9.17) is 9.47 Å². The number of methoxy groups -OCH3 is 1. The smallest absolute Gasteiger partial charge is 0.317 e. The molecule has 1 aliphatic rings. The molecule has 0 spiro atoms. The van der Waals surface area contributed by atoms with E-state index in [9.17, 15) is 4.79 Å². The maximum atomic E-state index is 12.2. The topological polar surface area (TPSA) is 63.7 Å². The highest BCUT2D eigenvalue weighted by Gasteiger charge is 2.32. The van der Waals surface area contributed by atoms with Crippen molar-refractivity contribution in [2.24, 2.45) is 0 Å². The number of benzene rings is 2. The third-order valence-corrected chi connectivity index (χ3v) is 4.60. The molecular formula is C21H21N3O3. The van der Waals surface area contributed by atoms with Crippen molar-refractivity contribution in [2.45, 2.75) is 12.6 Å². The molecule has 6 heteroatoms. The van der Waals surface area contributed by atoms with Gasteiger partial charge < -0.3 is 19.7 Å². The molecule has 1 fully saturated rings. The largest absolute Gasteiger partial charge is 0.497 e. The summed E-state index contributed by atoms with van der Waals surface area (Å²) in [5.41, 5.74) is 1.93. The zero-order valence-corrected chi connectivity index (χ0v) is 15.1. The first-order chi connectivity index (χ1) is 13.2. The highest BCUT2D eigenvalue weighted by Crippen LogP contribution is 2.20. The van der Waals surface area contributed by atoms with Gasteiger partial charge in [-0.05, 0) is 29.8 Å². The van der Waals surface area contributed by atoms with E-state index in [2.05, 4.69) is 10.3 Å². The maximum Gasteiger partial charge on any atom is 0.317 e. The summed E-state index contributed by atoms with van der Waals surface area (Å²) < 4.78 is 11.0. The number of urea groups is 1. The van der Waals surface area contributed by atoms with Crippen LogP contribution in [0.5, 0.6) is 11.6 Å². The zero-order valence-electron chi connectivity index (χ0n) is 15.1. The normalized spacial score (nSPS) is 13.9. The van der Waals surface area contributed by atoms with Gasteiger partial charge in [0.25, 0.3) is 0 Å². The Hall–Kier alpha value is -3.28. The van der Waals surface area contributed by atoms with Crippen molar-refractivity contribution in [3.8, 4) is 11.6 Å². The lowest BCUT2D eigenvalue weighted by atomic mass is 10.2. The van der Waals surface area contributed by atoms with E-state index >= 15 is 0 Å². The lowest BCUT2D eigenvalue weighted by molar-refractivity contribution is 0.0415. The molecule has 1 aromatic heterocycles. The van der Waals surface area contributed by atoms with Gasteiger partial charge in [-0.1, -0.05) is 30.3 Å². The van der Waals surface area contributed by atoms with Crippen molar-refractivity contribution >= 4 is 16.9 Å². The van der Waals surface area contributed by atoms with Gasteiger partial charge in [0.2, 0.25) is 5.88 Å². The summed E-state index contributed by atoms with van der Waals surface area (Å²) in [5, 5.41) is 4.00. The molecule has 27 heavy (non-hydrogen) atoms. The number of amides is 2. The van der Waals surface area contributed by atoms with E-state index in [-0.39, 0.29) is 12.1 Å². The summed E-state index contributed by atoms with van der Waals surface area (Å²) >= 11 is 0. The van der Waals surface area contributed by atoms with Crippen molar-refractivity contribution in [1.29, 1.82) is 0 Å². The van der Waals surface area contributed by atoms with E-state index in [1.807, 2.05) is 60.7 Å². The second kappa shape index (κ2) is 7.53. The second-order valence-corrected chi connectivity index (χ2v) is 6.49. The summed E-state index contributed by atoms with van der Waals surface area (Å²) in [7, 11) is 1.63. The number of hydrogen-bond acceptors (Lipinski definition) is 4. The lowest BCUT2D eigenvalue weighted by Gasteiger charge is -2.38. The van der Waals surface area contributed by atoms with Crippen molar-refractivity contribution in [1.82, 2.24) is 15.2 Å². The lowest BCUT2D eigenvalue weighted by Crippen LogP contribution is -2.58. The maximum absolute atomic E-state index is 12.2. The SMILES string of the molecule is COc1ccc(CNC(=O)N2CC(Oc3ccc4ccccc4n3)C2)cc1. The molecule has 0 saturated carbocycles. The molecule has 1 saturated heterocycles. The van der Waals surface area contributed by atoms with E-state index in [1.54, 1.807) is 12.0 Å². The van der Waals surface area contributed by atoms with Crippen LogP contribution in [-0.4, -0.2) is 42.2 Å². The molecule has 1 aliphatic heterocycles. The molecule has 2 aromatic carbocycles. The minimum atomic E-state index is -0.0860. The monoisotopic (exact) mass is 363 g/mol. The van der Waals surface area contributed by atoms with Crippen LogP contribution in [0, 0.1) is 0 Å². The number of nitrogens with one attached hydrogen (secondary N) is 1. The third-order valence-electron chi connectivity index (χ3n) is 4.60. The van der Waals surface area contributed by atoms with Crippen LogP contribution in [0.1, 0.15) is 5.56 Å². The number of fused-ring (bicyclic) bond motifs is 1. The Labute approximate surface area is 157 Å². The van der Waals surface area contributed by atoms with Crippen LogP contribution in [0.15, 0.2) is 60.7 Å². The molecular weight excluding hydrogens is 342 g/mol. The fraction of sp³-hybridized carbons (Fsp3) is 0.238. The number of rotatable bonds is 5. The first-order valence-electron chi connectivity index (χ1n) is 8.89. The molecule has 2 amide bonds. The van der Waals surface area contributed by atoms with E-state index in [1.165, 1.54) is 0 Å². The predicted octanol–water partition coefficient (Wildman–Crippen LogP) is 3.22. The first-order valence-corrected chi connectivity index (χ1v) is 8.89. The number of likely N-dealkylation sites (tertiary alicyclic amines) is 1. The number of aromatic nitrogens is 1. The quantitative estimate of drug-likeness (QED) is 0.756. The van der Waals surface area contributed by atoms with Crippen LogP contribution in [-0.2, 0) is 6.54 Å². The minimum Gasteiger partial charge on any atom is -0.497 e. The molecule has 0 unspecified atom stereocenters. The van der Waals surface area contributed by atoms with Gasteiger partial charge in [-0.3, -0.25) is 0 Å². The van der Waals surface area contributed by atoms with Crippen molar-refractivity contribution in [3.63, 3.8) is 0 Å². The number of hydrogen-bond donors (Lipinski definition) is 1. The van der Waals surface area contributed by atoms with Crippen molar-refractivity contribution in [2.75, 3.05) is 20.2 Å². The Morgan fingerprint density at radius 2 is 1.89 bits per heavy atom. The second-order valence-electron chi connectivity index (χ2n) is 6.49. The van der Waals surface area contributed by atoms with Gasteiger partial charge in [0, 0.05) is 18.0 Å². The van der Waals surface area contributed by atoms with Gasteiger partial charge in [0.15, 0.2) is 0 Å². The number of nitrogens with zero attached hydrogens (tertiary/aromatic N) is 2. The van der Waals surface area contributed by atoms with Gasteiger partial charge in [-0.15, -0.1) is 0 Å². The van der Waals surface area contributed by atoms with Gasteiger partial charge in [0.05, 0.1) is 25.7 Å². The summed E-state index contributed by atoms with van der Waals surface area (Å²) in [6, 6.07) is 19.3. The molecule has 0 atom stereocenters. The fourth-order valence-corrected chi connectivity index (χ4v) is 3.00. The Balaban J connectivity index is 1.25. The van der Waals surface area contributed by atoms with Gasteiger partial charge in [0.1, 0.15) is 11.9 Å². The highest BCUT2D eigenvalue weighted by atomic mass is 16.5. The van der Waals surface area contributed by atoms with Crippen molar-refractivity contribution < 1.29 is 14.3 Å². The molecule has 2 heterocycles. The molecule has 4 rings (SSSR count). The average Bonchev–Trinajstić information content (AvgIpc) is 2.69. The molecule has 1 N–H and O–H groups in total. The minimum absolute atomic E-state index is 0.0228. The molecule has 0 aliphatic carbocycles. The number of ether oxygens (including phenoxy) is 2. The molecule has 138 valence electrons. The van der Waals surface area contributed by atoms with Gasteiger partial charge in [-0.25, -0.2) is 9.78 Å². The summed E-state index contributed by atoms with van der Waals surface area (Å²) in [4.78, 5) is 18.5. The van der Waals surface area contributed by atoms with E-state index in [0.717, 1.165) is 22.2 Å². The standard InChI is InChI=1S/C21H21N3O3/c1-26-17-9-6-15(7-10-17)12-22-21(25)24-13-18(14-24)27-20-11-8-16-4-2-3-5-19(16)23-20/h2-11,18H,12-14H2,1H3,(H,22,25). The van der Waals surface area contributed by atoms with Crippen LogP contribution in [0.2, 0.25) is 0 Å². The van der Waals surface area contributed by atoms with Crippen molar-refractivity contribution in [3.05, 3.63) is 66.2 Å². The van der Waals surface area contributed by atoms with Gasteiger partial charge >= 0.3 is 6.03 Å². The van der Waals surface area contributed by atoms with E-state index in [0.29, 0.717) is 25.5 Å². The number of carbonyl (C=O) groups excluding carboxylic acids is 1. The predicted molar refractivity (Wildman–Crippen MR) is 103 cm³/mol. The van der Waals surface area contributed by atoms with Crippen LogP contribution in [0.3, 0.4) is 0 Å². The van der Waals surface area contributed by atoms with Crippen LogP contribution >= 0.6 is 0 Å². The number of carbonyl (C=O) groups is 1. The zero-order chi connectivity index (χ0) is 18.6. The number of pyridine rings is 1. The summed E-state index contributed by atoms with van der Waals surface area (Å²) in [5.74, 6) is 1.40. The van der Waals surface area contributed by atoms with E-state index < -0.39 is 0 Å². The Morgan fingerprint density at radius 1 is 1.11 bits per heavy atom. The van der Waals surface area contributed by atoms with Crippen LogP contribution in [0.4, 0.5) is 4.79 Å². The van der Waals surface area contributed by atoms with Crippen LogP contribution in [0.25, 0.3) is 10.9 Å². The fourth-order valence-electron chi connectivity index (χ4n) is 3.00. The summed E-state index contributed by atoms with van der Waals surface area (Å²) in [6.45, 7) is 1.60. The summed E-state index contributed by atoms with van der Waals surface area (Å²) in [6.07, 6.45) is -0.0228. The highest BCUT2D eigenvalue weighted by molar-refractivity contribution is 5.78. The Bertz CT molecular complexity index is 937. The van der Waals surface area contributed by atoms with Gasteiger partial charge in [-0.2, -0.15) is 0 Å². The Morgan fingerprint density at radius 3 is 2.67 bits per heavy atom. The Kier molecular flexibility index (Phi) is 4.78. The molecule has 6 nitrogen and oxygen atoms in total.